The molecule has 16 heavy (non-hydrogen) atoms. The molecule has 0 N–H and O–H groups in total. The molecule has 0 spiro atoms. The highest BCUT2D eigenvalue weighted by atomic mass is 14.1. The van der Waals surface area contributed by atoms with Gasteiger partial charge in [0.2, 0.25) is 0 Å². The molecular formula is C16H26. The van der Waals surface area contributed by atoms with Crippen molar-refractivity contribution in [3.05, 3.63) is 35.4 Å². The summed E-state index contributed by atoms with van der Waals surface area (Å²) < 4.78 is 0. The van der Waals surface area contributed by atoms with E-state index < -0.39 is 0 Å². The van der Waals surface area contributed by atoms with Gasteiger partial charge in [0.15, 0.2) is 0 Å². The van der Waals surface area contributed by atoms with Gasteiger partial charge < -0.3 is 0 Å². The van der Waals surface area contributed by atoms with E-state index in [1.807, 2.05) is 0 Å². The predicted molar refractivity (Wildman–Crippen MR) is 73.1 cm³/mol. The molecule has 0 saturated heterocycles. The second kappa shape index (κ2) is 6.73. The molecule has 1 aromatic rings. The van der Waals surface area contributed by atoms with Crippen LogP contribution in [-0.2, 0) is 0 Å². The number of rotatable bonds is 6. The lowest BCUT2D eigenvalue weighted by molar-refractivity contribution is 0.598. The summed E-state index contributed by atoms with van der Waals surface area (Å²) in [6.07, 6.45) is 5.38. The first-order chi connectivity index (χ1) is 7.65. The summed E-state index contributed by atoms with van der Waals surface area (Å²) in [5.74, 6) is 1.36. The van der Waals surface area contributed by atoms with Gasteiger partial charge in [-0.05, 0) is 29.4 Å². The van der Waals surface area contributed by atoms with Crippen molar-refractivity contribution in [2.75, 3.05) is 0 Å². The third kappa shape index (κ3) is 4.00. The molecule has 0 aliphatic rings. The molecule has 1 atom stereocenters. The van der Waals surface area contributed by atoms with Crippen LogP contribution < -0.4 is 0 Å². The first-order valence-electron chi connectivity index (χ1n) is 6.75. The van der Waals surface area contributed by atoms with Gasteiger partial charge in [-0.3, -0.25) is 0 Å². The van der Waals surface area contributed by atoms with Crippen molar-refractivity contribution >= 4 is 0 Å². The fourth-order valence-electron chi connectivity index (χ4n) is 2.08. The van der Waals surface area contributed by atoms with E-state index in [1.54, 1.807) is 0 Å². The van der Waals surface area contributed by atoms with Crippen LogP contribution in [-0.4, -0.2) is 0 Å². The molecule has 0 aliphatic carbocycles. The van der Waals surface area contributed by atoms with E-state index in [9.17, 15) is 0 Å². The Morgan fingerprint density at radius 1 is 0.875 bits per heavy atom. The van der Waals surface area contributed by atoms with Crippen molar-refractivity contribution in [2.24, 2.45) is 0 Å². The lowest BCUT2D eigenvalue weighted by Gasteiger charge is -2.13. The Morgan fingerprint density at radius 2 is 1.44 bits per heavy atom. The van der Waals surface area contributed by atoms with E-state index in [0.717, 1.165) is 0 Å². The number of unbranched alkanes of at least 4 members (excludes halogenated alkanes) is 2. The first kappa shape index (κ1) is 13.3. The Kier molecular flexibility index (Phi) is 5.59. The summed E-state index contributed by atoms with van der Waals surface area (Å²) in [5.41, 5.74) is 2.95. The summed E-state index contributed by atoms with van der Waals surface area (Å²) in [6.45, 7) is 9.11. The van der Waals surface area contributed by atoms with Gasteiger partial charge in [0, 0.05) is 0 Å². The Morgan fingerprint density at radius 3 is 1.94 bits per heavy atom. The maximum atomic E-state index is 2.35. The molecule has 0 bridgehead atoms. The molecule has 0 aromatic heterocycles. The fraction of sp³-hybridized carbons (Fsp3) is 0.625. The molecule has 0 fully saturated rings. The molecule has 0 radical (unpaired) electrons. The Bertz CT molecular complexity index is 281. The molecular weight excluding hydrogens is 192 g/mol. The van der Waals surface area contributed by atoms with E-state index in [0.29, 0.717) is 11.8 Å². The second-order valence-corrected chi connectivity index (χ2v) is 5.22. The fourth-order valence-corrected chi connectivity index (χ4v) is 2.08. The molecule has 0 amide bonds. The van der Waals surface area contributed by atoms with Crippen LogP contribution in [0, 0.1) is 0 Å². The van der Waals surface area contributed by atoms with Crippen molar-refractivity contribution in [1.82, 2.24) is 0 Å². The Hall–Kier alpha value is -0.780. The van der Waals surface area contributed by atoms with Crippen LogP contribution in [0.3, 0.4) is 0 Å². The zero-order valence-electron chi connectivity index (χ0n) is 11.3. The molecule has 0 heteroatoms. The van der Waals surface area contributed by atoms with Crippen molar-refractivity contribution in [3.8, 4) is 0 Å². The summed E-state index contributed by atoms with van der Waals surface area (Å²) in [7, 11) is 0. The summed E-state index contributed by atoms with van der Waals surface area (Å²) in [6, 6.07) is 9.20. The highest BCUT2D eigenvalue weighted by molar-refractivity contribution is 5.26. The molecule has 1 aromatic carbocycles. The van der Waals surface area contributed by atoms with Gasteiger partial charge in [-0.1, -0.05) is 71.2 Å². The van der Waals surface area contributed by atoms with Gasteiger partial charge in [0.25, 0.3) is 0 Å². The number of hydrogen-bond acceptors (Lipinski definition) is 0. The minimum absolute atomic E-state index is 0.643. The third-order valence-electron chi connectivity index (χ3n) is 3.41. The minimum Gasteiger partial charge on any atom is -0.0654 e. The van der Waals surface area contributed by atoms with E-state index in [-0.39, 0.29) is 0 Å². The molecule has 0 heterocycles. The number of hydrogen-bond donors (Lipinski definition) is 0. The lowest BCUT2D eigenvalue weighted by Crippen LogP contribution is -1.95. The molecule has 0 saturated carbocycles. The zero-order chi connectivity index (χ0) is 12.0. The van der Waals surface area contributed by atoms with Gasteiger partial charge in [-0.2, -0.15) is 0 Å². The van der Waals surface area contributed by atoms with Crippen LogP contribution in [0.4, 0.5) is 0 Å². The second-order valence-electron chi connectivity index (χ2n) is 5.22. The average molecular weight is 218 g/mol. The van der Waals surface area contributed by atoms with Crippen molar-refractivity contribution < 1.29 is 0 Å². The van der Waals surface area contributed by atoms with Gasteiger partial charge >= 0.3 is 0 Å². The summed E-state index contributed by atoms with van der Waals surface area (Å²) in [5, 5.41) is 0. The van der Waals surface area contributed by atoms with Crippen LogP contribution in [0.15, 0.2) is 24.3 Å². The van der Waals surface area contributed by atoms with E-state index in [4.69, 9.17) is 0 Å². The molecule has 0 nitrogen and oxygen atoms in total. The maximum absolute atomic E-state index is 2.35. The van der Waals surface area contributed by atoms with Crippen LogP contribution in [0.1, 0.15) is 76.3 Å². The number of benzene rings is 1. The van der Waals surface area contributed by atoms with Crippen molar-refractivity contribution in [2.45, 2.75) is 65.2 Å². The summed E-state index contributed by atoms with van der Waals surface area (Å²) in [4.78, 5) is 0. The normalized spacial score (nSPS) is 13.1. The molecule has 0 aliphatic heterocycles. The first-order valence-corrected chi connectivity index (χ1v) is 6.75. The monoisotopic (exact) mass is 218 g/mol. The average Bonchev–Trinajstić information content (AvgIpc) is 2.29. The van der Waals surface area contributed by atoms with Gasteiger partial charge in [-0.25, -0.2) is 0 Å². The smallest absolute Gasteiger partial charge is 0.0190 e. The van der Waals surface area contributed by atoms with Gasteiger partial charge in [0.1, 0.15) is 0 Å². The Labute approximate surface area is 101 Å². The zero-order valence-corrected chi connectivity index (χ0v) is 11.3. The van der Waals surface area contributed by atoms with E-state index in [2.05, 4.69) is 52.0 Å². The quantitative estimate of drug-likeness (QED) is 0.553. The maximum Gasteiger partial charge on any atom is -0.0190 e. The lowest BCUT2D eigenvalue weighted by atomic mass is 9.93. The Balaban J connectivity index is 2.52. The summed E-state index contributed by atoms with van der Waals surface area (Å²) >= 11 is 0. The topological polar surface area (TPSA) is 0 Å². The van der Waals surface area contributed by atoms with Gasteiger partial charge in [-0.15, -0.1) is 0 Å². The van der Waals surface area contributed by atoms with E-state index in [1.165, 1.54) is 36.8 Å². The third-order valence-corrected chi connectivity index (χ3v) is 3.41. The highest BCUT2D eigenvalue weighted by Crippen LogP contribution is 2.23. The van der Waals surface area contributed by atoms with Crippen LogP contribution in [0.25, 0.3) is 0 Å². The highest BCUT2D eigenvalue weighted by Gasteiger charge is 2.05. The van der Waals surface area contributed by atoms with Gasteiger partial charge in [0.05, 0.1) is 0 Å². The predicted octanol–water partition coefficient (Wildman–Crippen LogP) is 5.49. The van der Waals surface area contributed by atoms with E-state index >= 15 is 0 Å². The molecule has 90 valence electrons. The van der Waals surface area contributed by atoms with Crippen molar-refractivity contribution in [1.29, 1.82) is 0 Å². The SMILES string of the molecule is CCCCCC(C)c1ccc(C(C)C)cc1. The largest absolute Gasteiger partial charge is 0.0654 e. The standard InChI is InChI=1S/C16H26/c1-5-6-7-8-14(4)16-11-9-15(10-12-16)13(2)3/h9-14H,5-8H2,1-4H3. The van der Waals surface area contributed by atoms with Crippen LogP contribution in [0.2, 0.25) is 0 Å². The molecule has 1 rings (SSSR count). The minimum atomic E-state index is 0.643. The molecule has 1 unspecified atom stereocenters. The van der Waals surface area contributed by atoms with Crippen LogP contribution >= 0.6 is 0 Å². The van der Waals surface area contributed by atoms with Crippen LogP contribution in [0.5, 0.6) is 0 Å². The van der Waals surface area contributed by atoms with Crippen molar-refractivity contribution in [3.63, 3.8) is 0 Å².